The van der Waals surface area contributed by atoms with E-state index in [9.17, 15) is 0 Å². The van der Waals surface area contributed by atoms with Crippen LogP contribution in [-0.2, 0) is 0 Å². The highest BCUT2D eigenvalue weighted by molar-refractivity contribution is 9.10. The van der Waals surface area contributed by atoms with Crippen molar-refractivity contribution in [3.63, 3.8) is 0 Å². The zero-order valence-corrected chi connectivity index (χ0v) is 13.1. The molecule has 0 radical (unpaired) electrons. The van der Waals surface area contributed by atoms with E-state index in [4.69, 9.17) is 0 Å². The minimum absolute atomic E-state index is 0.762. The Morgan fingerprint density at radius 1 is 1.28 bits per heavy atom. The third kappa shape index (κ3) is 4.10. The first-order valence-corrected chi connectivity index (χ1v) is 7.92. The monoisotopic (exact) mass is 309 g/mol. The van der Waals surface area contributed by atoms with Gasteiger partial charge in [-0.15, -0.1) is 0 Å². The van der Waals surface area contributed by atoms with Gasteiger partial charge in [-0.05, 0) is 68.4 Å². The molecule has 0 aromatic heterocycles. The maximum atomic E-state index is 3.57. The van der Waals surface area contributed by atoms with Gasteiger partial charge in [0, 0.05) is 4.47 Å². The molecule has 100 valence electrons. The van der Waals surface area contributed by atoms with Crippen LogP contribution in [0.25, 0.3) is 0 Å². The van der Waals surface area contributed by atoms with Crippen LogP contribution >= 0.6 is 15.9 Å². The molecule has 2 rings (SSSR count). The molecule has 0 saturated carbocycles. The fraction of sp³-hybridized carbons (Fsp3) is 0.625. The first-order valence-electron chi connectivity index (χ1n) is 7.13. The lowest BCUT2D eigenvalue weighted by molar-refractivity contribution is 0.202. The summed E-state index contributed by atoms with van der Waals surface area (Å²) in [6, 6.07) is 8.83. The minimum Gasteiger partial charge on any atom is -0.303 e. The third-order valence-corrected chi connectivity index (χ3v) is 4.42. The Morgan fingerprint density at radius 3 is 2.61 bits per heavy atom. The van der Waals surface area contributed by atoms with Gasteiger partial charge in [0.25, 0.3) is 0 Å². The van der Waals surface area contributed by atoms with Crippen LogP contribution in [0.5, 0.6) is 0 Å². The van der Waals surface area contributed by atoms with E-state index in [1.807, 2.05) is 0 Å². The number of benzene rings is 1. The van der Waals surface area contributed by atoms with Gasteiger partial charge in [0.15, 0.2) is 0 Å². The first kappa shape index (κ1) is 14.1. The van der Waals surface area contributed by atoms with Crippen molar-refractivity contribution in [3.05, 3.63) is 34.3 Å². The summed E-state index contributed by atoms with van der Waals surface area (Å²) in [7, 11) is 0. The smallest absolute Gasteiger partial charge is 0.0178 e. The lowest BCUT2D eigenvalue weighted by atomic mass is 9.89. The number of hydrogen-bond acceptors (Lipinski definition) is 1. The van der Waals surface area contributed by atoms with E-state index in [-0.39, 0.29) is 0 Å². The molecule has 1 aromatic rings. The molecule has 1 aliphatic heterocycles. The molecule has 1 fully saturated rings. The fourth-order valence-corrected chi connectivity index (χ4v) is 3.11. The molecule has 0 unspecified atom stereocenters. The minimum atomic E-state index is 0.762. The normalized spacial score (nSPS) is 18.4. The molecule has 0 N–H and O–H groups in total. The largest absolute Gasteiger partial charge is 0.303 e. The van der Waals surface area contributed by atoms with Crippen molar-refractivity contribution < 1.29 is 0 Å². The van der Waals surface area contributed by atoms with Crippen molar-refractivity contribution in [3.8, 4) is 0 Å². The van der Waals surface area contributed by atoms with E-state index < -0.39 is 0 Å². The first-order chi connectivity index (χ1) is 8.65. The van der Waals surface area contributed by atoms with Crippen LogP contribution in [0.15, 0.2) is 28.7 Å². The SMILES string of the molecule is CC(C)CCN1CCC(c2cccc(Br)c2)CC1. The molecule has 1 nitrogen and oxygen atoms in total. The predicted octanol–water partition coefficient (Wildman–Crippen LogP) is 4.67. The van der Waals surface area contributed by atoms with Crippen LogP contribution in [0, 0.1) is 5.92 Å². The van der Waals surface area contributed by atoms with Gasteiger partial charge in [0.2, 0.25) is 0 Å². The van der Waals surface area contributed by atoms with E-state index in [0.29, 0.717) is 0 Å². The lowest BCUT2D eigenvalue weighted by Crippen LogP contribution is -2.34. The van der Waals surface area contributed by atoms with Gasteiger partial charge in [-0.25, -0.2) is 0 Å². The lowest BCUT2D eigenvalue weighted by Gasteiger charge is -2.32. The van der Waals surface area contributed by atoms with E-state index in [1.165, 1.54) is 48.9 Å². The van der Waals surface area contributed by atoms with E-state index >= 15 is 0 Å². The average Bonchev–Trinajstić information content (AvgIpc) is 2.37. The second kappa shape index (κ2) is 6.72. The zero-order chi connectivity index (χ0) is 13.0. The van der Waals surface area contributed by atoms with Crippen molar-refractivity contribution in [2.45, 2.75) is 39.0 Å². The molecule has 1 heterocycles. The highest BCUT2D eigenvalue weighted by Crippen LogP contribution is 2.29. The molecule has 2 heteroatoms. The average molecular weight is 310 g/mol. The molecular formula is C16H24BrN. The maximum Gasteiger partial charge on any atom is 0.0178 e. The van der Waals surface area contributed by atoms with Crippen molar-refractivity contribution in [1.82, 2.24) is 4.90 Å². The Labute approximate surface area is 120 Å². The Morgan fingerprint density at radius 2 is 2.00 bits per heavy atom. The van der Waals surface area contributed by atoms with Crippen LogP contribution in [0.2, 0.25) is 0 Å². The molecule has 0 atom stereocenters. The number of piperidine rings is 1. The summed E-state index contributed by atoms with van der Waals surface area (Å²) in [4.78, 5) is 2.63. The molecule has 1 aliphatic rings. The highest BCUT2D eigenvalue weighted by atomic mass is 79.9. The Kier molecular flexibility index (Phi) is 5.25. The second-order valence-electron chi connectivity index (χ2n) is 5.85. The standard InChI is InChI=1S/C16H24BrN/c1-13(2)6-9-18-10-7-14(8-11-18)15-4-3-5-16(17)12-15/h3-5,12-14H,6-11H2,1-2H3. The van der Waals surface area contributed by atoms with Gasteiger partial charge in [-0.1, -0.05) is 41.9 Å². The number of rotatable bonds is 4. The molecule has 0 amide bonds. The van der Waals surface area contributed by atoms with Crippen LogP contribution in [0.1, 0.15) is 44.6 Å². The number of likely N-dealkylation sites (tertiary alicyclic amines) is 1. The summed E-state index contributed by atoms with van der Waals surface area (Å²) in [5, 5.41) is 0. The Balaban J connectivity index is 1.83. The van der Waals surface area contributed by atoms with Crippen LogP contribution in [0.3, 0.4) is 0 Å². The summed E-state index contributed by atoms with van der Waals surface area (Å²) in [5.41, 5.74) is 1.51. The summed E-state index contributed by atoms with van der Waals surface area (Å²) in [6.07, 6.45) is 3.96. The molecule has 1 aromatic carbocycles. The van der Waals surface area contributed by atoms with E-state index in [2.05, 4.69) is 58.9 Å². The van der Waals surface area contributed by atoms with Crippen molar-refractivity contribution >= 4 is 15.9 Å². The van der Waals surface area contributed by atoms with Crippen molar-refractivity contribution in [1.29, 1.82) is 0 Å². The summed E-state index contributed by atoms with van der Waals surface area (Å²) >= 11 is 3.57. The number of nitrogens with zero attached hydrogens (tertiary/aromatic N) is 1. The summed E-state index contributed by atoms with van der Waals surface area (Å²) in [5.74, 6) is 1.59. The number of halogens is 1. The van der Waals surface area contributed by atoms with Gasteiger partial charge in [-0.2, -0.15) is 0 Å². The predicted molar refractivity (Wildman–Crippen MR) is 82.0 cm³/mol. The second-order valence-corrected chi connectivity index (χ2v) is 6.77. The van der Waals surface area contributed by atoms with E-state index in [1.54, 1.807) is 0 Å². The third-order valence-electron chi connectivity index (χ3n) is 3.93. The topological polar surface area (TPSA) is 3.24 Å². The highest BCUT2D eigenvalue weighted by Gasteiger charge is 2.20. The Bertz CT molecular complexity index is 367. The zero-order valence-electron chi connectivity index (χ0n) is 11.5. The summed E-state index contributed by atoms with van der Waals surface area (Å²) < 4.78 is 1.21. The van der Waals surface area contributed by atoms with Crippen LogP contribution < -0.4 is 0 Å². The molecule has 18 heavy (non-hydrogen) atoms. The molecule has 0 spiro atoms. The quantitative estimate of drug-likeness (QED) is 0.781. The fourth-order valence-electron chi connectivity index (χ4n) is 2.69. The van der Waals surface area contributed by atoms with Gasteiger partial charge in [-0.3, -0.25) is 0 Å². The van der Waals surface area contributed by atoms with Gasteiger partial charge in [0.05, 0.1) is 0 Å². The maximum absolute atomic E-state index is 3.57. The molecule has 1 saturated heterocycles. The van der Waals surface area contributed by atoms with E-state index in [0.717, 1.165) is 11.8 Å². The number of hydrogen-bond donors (Lipinski definition) is 0. The van der Waals surface area contributed by atoms with Gasteiger partial charge < -0.3 is 4.90 Å². The van der Waals surface area contributed by atoms with Crippen LogP contribution in [-0.4, -0.2) is 24.5 Å². The molecular weight excluding hydrogens is 286 g/mol. The molecule has 0 bridgehead atoms. The summed E-state index contributed by atoms with van der Waals surface area (Å²) in [6.45, 7) is 8.44. The van der Waals surface area contributed by atoms with Gasteiger partial charge in [0.1, 0.15) is 0 Å². The molecule has 0 aliphatic carbocycles. The Hall–Kier alpha value is -0.340. The van der Waals surface area contributed by atoms with Crippen molar-refractivity contribution in [2.24, 2.45) is 5.92 Å². The van der Waals surface area contributed by atoms with Crippen molar-refractivity contribution in [2.75, 3.05) is 19.6 Å². The van der Waals surface area contributed by atoms with Crippen LogP contribution in [0.4, 0.5) is 0 Å². The van der Waals surface area contributed by atoms with Gasteiger partial charge >= 0.3 is 0 Å².